The first-order valence-electron chi connectivity index (χ1n) is 8.22. The summed E-state index contributed by atoms with van der Waals surface area (Å²) in [5, 5.41) is 5.57. The van der Waals surface area contributed by atoms with Crippen molar-refractivity contribution in [3.8, 4) is 0 Å². The van der Waals surface area contributed by atoms with Gasteiger partial charge < -0.3 is 19.7 Å². The number of thiocarbonyl (C=S) groups is 1. The first kappa shape index (κ1) is 21.1. The van der Waals surface area contributed by atoms with Crippen molar-refractivity contribution in [2.75, 3.05) is 33.4 Å². The Morgan fingerprint density at radius 3 is 2.81 bits per heavy atom. The summed E-state index contributed by atoms with van der Waals surface area (Å²) in [5.41, 5.74) is 0.263. The Balaban J connectivity index is 2.03. The summed E-state index contributed by atoms with van der Waals surface area (Å²) in [6, 6.07) is 5.67. The Labute approximate surface area is 167 Å². The molecule has 0 saturated carbocycles. The van der Waals surface area contributed by atoms with Crippen LogP contribution in [0.1, 0.15) is 16.8 Å². The highest BCUT2D eigenvalue weighted by molar-refractivity contribution is 7.80. The highest BCUT2D eigenvalue weighted by Crippen LogP contribution is 2.15. The standard InChI is InChI=1S/C17H20ClN3O5S/c1-25-8-9-26-14(22)10-13-16(24)19-6-7-21(13)17(27)20-15(23)11-4-2-3-5-12(11)18/h2-5,13H,6-10H2,1H3,(H,19,24)(H,20,23,27). The first-order valence-corrected chi connectivity index (χ1v) is 9.01. The lowest BCUT2D eigenvalue weighted by Gasteiger charge is -2.36. The van der Waals surface area contributed by atoms with E-state index in [0.29, 0.717) is 13.1 Å². The second-order valence-electron chi connectivity index (χ2n) is 5.66. The molecule has 10 heteroatoms. The average Bonchev–Trinajstić information content (AvgIpc) is 2.63. The minimum absolute atomic E-state index is 0.0458. The summed E-state index contributed by atoms with van der Waals surface area (Å²) >= 11 is 11.3. The monoisotopic (exact) mass is 413 g/mol. The van der Waals surface area contributed by atoms with E-state index in [4.69, 9.17) is 33.3 Å². The maximum Gasteiger partial charge on any atom is 0.308 e. The van der Waals surface area contributed by atoms with Crippen LogP contribution in [0.25, 0.3) is 0 Å². The molecule has 2 amide bonds. The Morgan fingerprint density at radius 2 is 2.11 bits per heavy atom. The van der Waals surface area contributed by atoms with Crippen molar-refractivity contribution in [3.63, 3.8) is 0 Å². The Hall–Kier alpha value is -2.23. The van der Waals surface area contributed by atoms with Crippen LogP contribution in [0.5, 0.6) is 0 Å². The third kappa shape index (κ3) is 5.88. The summed E-state index contributed by atoms with van der Waals surface area (Å²) in [6.45, 7) is 1.05. The molecule has 0 aliphatic carbocycles. The molecule has 1 atom stereocenters. The van der Waals surface area contributed by atoms with Gasteiger partial charge in [0.25, 0.3) is 5.91 Å². The molecule has 1 saturated heterocycles. The number of hydrogen-bond acceptors (Lipinski definition) is 6. The molecule has 146 valence electrons. The van der Waals surface area contributed by atoms with E-state index in [1.54, 1.807) is 24.3 Å². The van der Waals surface area contributed by atoms with E-state index >= 15 is 0 Å². The number of nitrogens with one attached hydrogen (secondary N) is 2. The van der Waals surface area contributed by atoms with Crippen LogP contribution in [0, 0.1) is 0 Å². The average molecular weight is 414 g/mol. The molecule has 0 radical (unpaired) electrons. The zero-order chi connectivity index (χ0) is 19.8. The normalized spacial score (nSPS) is 16.4. The third-order valence-corrected chi connectivity index (χ3v) is 4.51. The molecular weight excluding hydrogens is 394 g/mol. The van der Waals surface area contributed by atoms with Crippen LogP contribution in [0.2, 0.25) is 5.02 Å². The molecule has 8 nitrogen and oxygen atoms in total. The largest absolute Gasteiger partial charge is 0.463 e. The van der Waals surface area contributed by atoms with Crippen LogP contribution in [0.4, 0.5) is 0 Å². The number of rotatable bonds is 6. The molecule has 1 fully saturated rings. The number of carbonyl (C=O) groups excluding carboxylic acids is 3. The zero-order valence-electron chi connectivity index (χ0n) is 14.7. The fourth-order valence-corrected chi connectivity index (χ4v) is 3.03. The SMILES string of the molecule is COCCOC(=O)CC1C(=O)NCCN1C(=S)NC(=O)c1ccccc1Cl. The number of nitrogens with zero attached hydrogens (tertiary/aromatic N) is 1. The minimum atomic E-state index is -0.868. The van der Waals surface area contributed by atoms with Crippen LogP contribution in [0.3, 0.4) is 0 Å². The van der Waals surface area contributed by atoms with Crippen molar-refractivity contribution in [1.29, 1.82) is 0 Å². The molecule has 1 aliphatic heterocycles. The van der Waals surface area contributed by atoms with Gasteiger partial charge in [0.2, 0.25) is 5.91 Å². The number of halogens is 1. The Kier molecular flexibility index (Phi) is 7.96. The van der Waals surface area contributed by atoms with E-state index in [2.05, 4.69) is 10.6 Å². The summed E-state index contributed by atoms with van der Waals surface area (Å²) in [5.74, 6) is -1.41. The summed E-state index contributed by atoms with van der Waals surface area (Å²) in [6.07, 6.45) is -0.197. The van der Waals surface area contributed by atoms with Gasteiger partial charge in [-0.15, -0.1) is 0 Å². The molecule has 0 aromatic heterocycles. The summed E-state index contributed by atoms with van der Waals surface area (Å²) in [4.78, 5) is 38.0. The Bertz CT molecular complexity index is 730. The third-order valence-electron chi connectivity index (χ3n) is 3.84. The van der Waals surface area contributed by atoms with Gasteiger partial charge in [0, 0.05) is 20.2 Å². The second-order valence-corrected chi connectivity index (χ2v) is 6.45. The smallest absolute Gasteiger partial charge is 0.308 e. The quantitative estimate of drug-likeness (QED) is 0.403. The van der Waals surface area contributed by atoms with E-state index in [9.17, 15) is 14.4 Å². The van der Waals surface area contributed by atoms with Crippen molar-refractivity contribution in [2.24, 2.45) is 0 Å². The van der Waals surface area contributed by atoms with Crippen molar-refractivity contribution in [1.82, 2.24) is 15.5 Å². The van der Waals surface area contributed by atoms with E-state index in [1.165, 1.54) is 12.0 Å². The van der Waals surface area contributed by atoms with Gasteiger partial charge in [0.1, 0.15) is 12.6 Å². The van der Waals surface area contributed by atoms with Crippen LogP contribution in [0.15, 0.2) is 24.3 Å². The van der Waals surface area contributed by atoms with Crippen LogP contribution < -0.4 is 10.6 Å². The molecule has 0 spiro atoms. The van der Waals surface area contributed by atoms with Crippen molar-refractivity contribution in [2.45, 2.75) is 12.5 Å². The molecule has 1 unspecified atom stereocenters. The van der Waals surface area contributed by atoms with Crippen molar-refractivity contribution >= 4 is 46.7 Å². The first-order chi connectivity index (χ1) is 12.9. The molecule has 27 heavy (non-hydrogen) atoms. The van der Waals surface area contributed by atoms with Gasteiger partial charge in [-0.05, 0) is 24.4 Å². The number of piperazine rings is 1. The van der Waals surface area contributed by atoms with Crippen molar-refractivity contribution in [3.05, 3.63) is 34.9 Å². The highest BCUT2D eigenvalue weighted by atomic mass is 35.5. The van der Waals surface area contributed by atoms with Gasteiger partial charge in [0.05, 0.1) is 23.6 Å². The topological polar surface area (TPSA) is 97.0 Å². The number of benzene rings is 1. The fourth-order valence-electron chi connectivity index (χ4n) is 2.50. The van der Waals surface area contributed by atoms with Gasteiger partial charge in [0.15, 0.2) is 5.11 Å². The molecule has 1 aromatic carbocycles. The molecule has 1 heterocycles. The van der Waals surface area contributed by atoms with Gasteiger partial charge in [-0.1, -0.05) is 23.7 Å². The lowest BCUT2D eigenvalue weighted by atomic mass is 10.1. The predicted octanol–water partition coefficient (Wildman–Crippen LogP) is 0.735. The van der Waals surface area contributed by atoms with E-state index in [1.807, 2.05) is 0 Å². The van der Waals surface area contributed by atoms with Gasteiger partial charge >= 0.3 is 5.97 Å². The fraction of sp³-hybridized carbons (Fsp3) is 0.412. The molecule has 0 bridgehead atoms. The van der Waals surface area contributed by atoms with Crippen LogP contribution in [-0.4, -0.2) is 67.3 Å². The lowest BCUT2D eigenvalue weighted by molar-refractivity contribution is -0.148. The molecule has 1 aromatic rings. The maximum atomic E-state index is 12.4. The lowest BCUT2D eigenvalue weighted by Crippen LogP contribution is -2.60. The molecule has 2 N–H and O–H groups in total. The van der Waals surface area contributed by atoms with E-state index < -0.39 is 17.9 Å². The Morgan fingerprint density at radius 1 is 1.37 bits per heavy atom. The number of carbonyl (C=O) groups is 3. The number of amides is 2. The predicted molar refractivity (Wildman–Crippen MR) is 102 cm³/mol. The van der Waals surface area contributed by atoms with Crippen molar-refractivity contribution < 1.29 is 23.9 Å². The summed E-state index contributed by atoms with van der Waals surface area (Å²) < 4.78 is 9.82. The maximum absolute atomic E-state index is 12.4. The highest BCUT2D eigenvalue weighted by Gasteiger charge is 2.34. The minimum Gasteiger partial charge on any atom is -0.463 e. The zero-order valence-corrected chi connectivity index (χ0v) is 16.3. The van der Waals surface area contributed by atoms with Gasteiger partial charge in [-0.3, -0.25) is 19.7 Å². The van der Waals surface area contributed by atoms with Gasteiger partial charge in [-0.2, -0.15) is 0 Å². The summed E-state index contributed by atoms with van der Waals surface area (Å²) in [7, 11) is 1.49. The number of esters is 1. The van der Waals surface area contributed by atoms with E-state index in [0.717, 1.165) is 0 Å². The van der Waals surface area contributed by atoms with Crippen LogP contribution >= 0.6 is 23.8 Å². The number of hydrogen-bond donors (Lipinski definition) is 2. The molecule has 1 aliphatic rings. The molecular formula is C17H20ClN3O5S. The van der Waals surface area contributed by atoms with Crippen LogP contribution in [-0.2, 0) is 19.1 Å². The second kappa shape index (κ2) is 10.2. The molecule has 2 rings (SSSR count). The van der Waals surface area contributed by atoms with Gasteiger partial charge in [-0.25, -0.2) is 0 Å². The number of methoxy groups -OCH3 is 1. The van der Waals surface area contributed by atoms with E-state index in [-0.39, 0.29) is 41.2 Å². The number of ether oxygens (including phenoxy) is 2.